The van der Waals surface area contributed by atoms with Gasteiger partial charge in [0.2, 0.25) is 0 Å². The number of hydrogen-bond acceptors (Lipinski definition) is 2. The van der Waals surface area contributed by atoms with Gasteiger partial charge < -0.3 is 0 Å². The number of H-pyrrole nitrogens is 1. The second-order valence-electron chi connectivity index (χ2n) is 2.98. The Morgan fingerprint density at radius 3 is 2.47 bits per heavy atom. The molecule has 1 aromatic heterocycles. The van der Waals surface area contributed by atoms with Gasteiger partial charge in [0.25, 0.3) is 5.56 Å². The molecule has 4 nitrogen and oxygen atoms in total. The van der Waals surface area contributed by atoms with Crippen LogP contribution in [-0.2, 0) is 0 Å². The molecule has 2 rings (SSSR count). The molecule has 0 amide bonds. The minimum atomic E-state index is -0.251. The maximum Gasteiger partial charge on any atom is 0.271 e. The summed E-state index contributed by atoms with van der Waals surface area (Å²) >= 11 is 3.30. The fraction of sp³-hybridized carbons (Fsp3) is 0. The van der Waals surface area contributed by atoms with Gasteiger partial charge in [-0.3, -0.25) is 14.7 Å². The molecule has 2 aromatic rings. The van der Waals surface area contributed by atoms with Gasteiger partial charge in [-0.2, -0.15) is 0 Å². The predicted molar refractivity (Wildman–Crippen MR) is 59.5 cm³/mol. The fourth-order valence-corrected chi connectivity index (χ4v) is 1.52. The van der Waals surface area contributed by atoms with Gasteiger partial charge in [-0.1, -0.05) is 15.9 Å². The van der Waals surface area contributed by atoms with Crippen LogP contribution in [0.4, 0.5) is 0 Å². The molecule has 0 bridgehead atoms. The van der Waals surface area contributed by atoms with Crippen LogP contribution in [0.1, 0.15) is 10.5 Å². The van der Waals surface area contributed by atoms with Gasteiger partial charge in [-0.05, 0) is 24.3 Å². The molecule has 0 aliphatic rings. The normalized spacial score (nSPS) is 10.2. The number of carbonyl (C=O) groups is 1. The highest BCUT2D eigenvalue weighted by molar-refractivity contribution is 9.10. The smallest absolute Gasteiger partial charge is 0.271 e. The zero-order valence-electron chi connectivity index (χ0n) is 7.61. The van der Waals surface area contributed by atoms with Gasteiger partial charge in [-0.15, -0.1) is 0 Å². The summed E-state index contributed by atoms with van der Waals surface area (Å²) in [5.74, 6) is 0. The summed E-state index contributed by atoms with van der Waals surface area (Å²) in [6.45, 7) is 0. The van der Waals surface area contributed by atoms with Crippen LogP contribution in [0.2, 0.25) is 0 Å². The summed E-state index contributed by atoms with van der Waals surface area (Å²) in [5.41, 5.74) is 0.707. The van der Waals surface area contributed by atoms with Crippen LogP contribution < -0.4 is 5.56 Å². The highest BCUT2D eigenvalue weighted by Gasteiger charge is 2.03. The second kappa shape index (κ2) is 3.86. The van der Waals surface area contributed by atoms with E-state index >= 15 is 0 Å². The fourth-order valence-electron chi connectivity index (χ4n) is 1.26. The molecule has 15 heavy (non-hydrogen) atoms. The topological polar surface area (TPSA) is 54.9 Å². The summed E-state index contributed by atoms with van der Waals surface area (Å²) in [7, 11) is 0. The maximum absolute atomic E-state index is 11.4. The molecular weight excluding hydrogens is 260 g/mol. The van der Waals surface area contributed by atoms with Gasteiger partial charge in [0.15, 0.2) is 6.29 Å². The lowest BCUT2D eigenvalue weighted by Crippen LogP contribution is -2.13. The Bertz CT molecular complexity index is 539. The SMILES string of the molecule is O=Cc1cc(=O)n(-c2ccc(Br)cc2)[nH]1. The second-order valence-corrected chi connectivity index (χ2v) is 3.90. The molecule has 76 valence electrons. The molecule has 0 saturated heterocycles. The summed E-state index contributed by atoms with van der Waals surface area (Å²) in [6, 6.07) is 8.45. The van der Waals surface area contributed by atoms with Crippen molar-refractivity contribution in [2.45, 2.75) is 0 Å². The van der Waals surface area contributed by atoms with E-state index in [0.717, 1.165) is 4.47 Å². The molecule has 0 atom stereocenters. The zero-order valence-corrected chi connectivity index (χ0v) is 9.19. The summed E-state index contributed by atoms with van der Waals surface area (Å²) in [5, 5.41) is 2.69. The molecule has 0 saturated carbocycles. The van der Waals surface area contributed by atoms with E-state index in [1.807, 2.05) is 12.1 Å². The van der Waals surface area contributed by atoms with Crippen LogP contribution in [0.5, 0.6) is 0 Å². The maximum atomic E-state index is 11.4. The van der Waals surface area contributed by atoms with Crippen LogP contribution in [-0.4, -0.2) is 16.1 Å². The van der Waals surface area contributed by atoms with E-state index in [9.17, 15) is 9.59 Å². The number of aldehydes is 1. The van der Waals surface area contributed by atoms with Crippen LogP contribution in [0.25, 0.3) is 5.69 Å². The van der Waals surface area contributed by atoms with Crippen molar-refractivity contribution in [3.05, 3.63) is 50.9 Å². The van der Waals surface area contributed by atoms with Gasteiger partial charge in [-0.25, -0.2) is 4.68 Å². The molecule has 0 fully saturated rings. The zero-order chi connectivity index (χ0) is 10.8. The number of carbonyl (C=O) groups excluding carboxylic acids is 1. The van der Waals surface area contributed by atoms with E-state index in [0.29, 0.717) is 12.0 Å². The third-order valence-corrected chi connectivity index (χ3v) is 2.48. The molecule has 1 aromatic carbocycles. The molecule has 0 aliphatic carbocycles. The lowest BCUT2D eigenvalue weighted by atomic mass is 10.3. The third kappa shape index (κ3) is 1.92. The van der Waals surface area contributed by atoms with Crippen molar-refractivity contribution in [3.8, 4) is 5.69 Å². The first-order chi connectivity index (χ1) is 7.20. The third-order valence-electron chi connectivity index (χ3n) is 1.95. The van der Waals surface area contributed by atoms with Crippen molar-refractivity contribution < 1.29 is 4.79 Å². The average Bonchev–Trinajstić information content (AvgIpc) is 2.61. The Balaban J connectivity index is 2.53. The van der Waals surface area contributed by atoms with Crippen molar-refractivity contribution in [3.63, 3.8) is 0 Å². The Morgan fingerprint density at radius 2 is 1.93 bits per heavy atom. The van der Waals surface area contributed by atoms with Crippen LogP contribution in [0, 0.1) is 0 Å². The lowest BCUT2D eigenvalue weighted by Gasteiger charge is -2.00. The van der Waals surface area contributed by atoms with Gasteiger partial charge in [0, 0.05) is 10.5 Å². The average molecular weight is 267 g/mol. The number of aromatic amines is 1. The molecular formula is C10H7BrN2O2. The van der Waals surface area contributed by atoms with E-state index < -0.39 is 0 Å². The highest BCUT2D eigenvalue weighted by Crippen LogP contribution is 2.12. The number of aromatic nitrogens is 2. The molecule has 1 N–H and O–H groups in total. The summed E-state index contributed by atoms with van der Waals surface area (Å²) < 4.78 is 2.25. The molecule has 5 heteroatoms. The minimum absolute atomic E-state index is 0.251. The monoisotopic (exact) mass is 266 g/mol. The quantitative estimate of drug-likeness (QED) is 0.842. The van der Waals surface area contributed by atoms with Crippen LogP contribution in [0.15, 0.2) is 39.6 Å². The van der Waals surface area contributed by atoms with Crippen LogP contribution >= 0.6 is 15.9 Å². The van der Waals surface area contributed by atoms with E-state index in [1.165, 1.54) is 10.7 Å². The first-order valence-corrected chi connectivity index (χ1v) is 5.03. The molecule has 1 heterocycles. The van der Waals surface area contributed by atoms with Crippen molar-refractivity contribution in [2.75, 3.05) is 0 Å². The number of halogens is 1. The number of benzene rings is 1. The van der Waals surface area contributed by atoms with E-state index in [1.54, 1.807) is 12.1 Å². The minimum Gasteiger partial charge on any atom is -0.296 e. The molecule has 0 spiro atoms. The summed E-state index contributed by atoms with van der Waals surface area (Å²) in [4.78, 5) is 21.9. The lowest BCUT2D eigenvalue weighted by molar-refractivity contribution is 0.111. The predicted octanol–water partition coefficient (Wildman–Crippen LogP) is 1.74. The molecule has 0 radical (unpaired) electrons. The van der Waals surface area contributed by atoms with Gasteiger partial charge in [0.1, 0.15) is 0 Å². The van der Waals surface area contributed by atoms with Crippen LogP contribution in [0.3, 0.4) is 0 Å². The molecule has 0 unspecified atom stereocenters. The van der Waals surface area contributed by atoms with Gasteiger partial charge >= 0.3 is 0 Å². The Hall–Kier alpha value is -1.62. The summed E-state index contributed by atoms with van der Waals surface area (Å²) in [6.07, 6.45) is 0.608. The van der Waals surface area contributed by atoms with Gasteiger partial charge in [0.05, 0.1) is 11.4 Å². The highest BCUT2D eigenvalue weighted by atomic mass is 79.9. The van der Waals surface area contributed by atoms with E-state index in [4.69, 9.17) is 0 Å². The number of nitrogens with one attached hydrogen (secondary N) is 1. The number of nitrogens with zero attached hydrogens (tertiary/aromatic N) is 1. The Kier molecular flexibility index (Phi) is 2.55. The van der Waals surface area contributed by atoms with Crippen molar-refractivity contribution in [2.24, 2.45) is 0 Å². The molecule has 0 aliphatic heterocycles. The first-order valence-electron chi connectivity index (χ1n) is 4.24. The Morgan fingerprint density at radius 1 is 1.27 bits per heavy atom. The largest absolute Gasteiger partial charge is 0.296 e. The van der Waals surface area contributed by atoms with Crippen molar-refractivity contribution >= 4 is 22.2 Å². The van der Waals surface area contributed by atoms with Crippen molar-refractivity contribution in [1.29, 1.82) is 0 Å². The number of hydrogen-bond donors (Lipinski definition) is 1. The van der Waals surface area contributed by atoms with E-state index in [-0.39, 0.29) is 11.3 Å². The number of rotatable bonds is 2. The first kappa shape index (κ1) is 9.92. The standard InChI is InChI=1S/C10H7BrN2O2/c11-7-1-3-9(4-2-7)13-10(15)5-8(6-14)12-13/h1-6,12H. The van der Waals surface area contributed by atoms with E-state index in [2.05, 4.69) is 21.0 Å². The Labute approximate surface area is 93.7 Å². The van der Waals surface area contributed by atoms with Crippen molar-refractivity contribution in [1.82, 2.24) is 9.78 Å².